The molecule has 164 valence electrons. The Balaban J connectivity index is 1.59. The van der Waals surface area contributed by atoms with E-state index in [-0.39, 0.29) is 35.2 Å². The van der Waals surface area contributed by atoms with E-state index in [4.69, 9.17) is 4.74 Å². The zero-order valence-electron chi connectivity index (χ0n) is 17.7. The van der Waals surface area contributed by atoms with Crippen LogP contribution in [0.1, 0.15) is 54.7 Å². The number of carbonyl (C=O) groups excluding carboxylic acids is 1. The maximum absolute atomic E-state index is 13.1. The topological polar surface area (TPSA) is 98.2 Å². The fraction of sp³-hybridized carbons (Fsp3) is 0.435. The quantitative estimate of drug-likeness (QED) is 0.668. The number of amides is 1. The molecule has 2 saturated carbocycles. The van der Waals surface area contributed by atoms with Crippen LogP contribution < -0.4 is 10.1 Å². The van der Waals surface area contributed by atoms with Gasteiger partial charge in [-0.05, 0) is 49.7 Å². The third kappa shape index (κ3) is 5.70. The highest BCUT2D eigenvalue weighted by Crippen LogP contribution is 2.40. The molecule has 0 unspecified atom stereocenters. The molecule has 2 fully saturated rings. The van der Waals surface area contributed by atoms with Gasteiger partial charge in [-0.3, -0.25) is 4.79 Å². The van der Waals surface area contributed by atoms with Crippen molar-refractivity contribution in [3.63, 3.8) is 0 Å². The molecule has 0 radical (unpaired) electrons. The summed E-state index contributed by atoms with van der Waals surface area (Å²) in [5, 5.41) is 4.08. The van der Waals surface area contributed by atoms with Crippen molar-refractivity contribution in [1.29, 1.82) is 0 Å². The largest absolute Gasteiger partial charge is 0.438 e. The van der Waals surface area contributed by atoms with E-state index in [2.05, 4.69) is 22.2 Å². The molecule has 0 spiro atoms. The van der Waals surface area contributed by atoms with E-state index >= 15 is 0 Å². The molecule has 31 heavy (non-hydrogen) atoms. The van der Waals surface area contributed by atoms with Gasteiger partial charge >= 0.3 is 0 Å². The first-order valence-corrected chi connectivity index (χ1v) is 12.5. The number of rotatable bonds is 8. The van der Waals surface area contributed by atoms with E-state index in [1.807, 2.05) is 18.2 Å². The third-order valence-corrected chi connectivity index (χ3v) is 6.33. The van der Waals surface area contributed by atoms with Crippen molar-refractivity contribution < 1.29 is 17.9 Å². The molecule has 4 rings (SSSR count). The molecule has 1 amide bonds. The predicted molar refractivity (Wildman–Crippen MR) is 118 cm³/mol. The summed E-state index contributed by atoms with van der Waals surface area (Å²) >= 11 is 0. The van der Waals surface area contributed by atoms with Crippen LogP contribution in [-0.4, -0.2) is 36.6 Å². The lowest BCUT2D eigenvalue weighted by Crippen LogP contribution is -2.35. The minimum absolute atomic E-state index is 0.217. The van der Waals surface area contributed by atoms with Crippen LogP contribution >= 0.6 is 0 Å². The number of nitrogens with one attached hydrogen (secondary N) is 1. The third-order valence-electron chi connectivity index (χ3n) is 5.67. The predicted octanol–water partition coefficient (Wildman–Crippen LogP) is 3.85. The summed E-state index contributed by atoms with van der Waals surface area (Å²) in [7, 11) is -3.27. The van der Waals surface area contributed by atoms with Crippen molar-refractivity contribution in [3.05, 3.63) is 59.4 Å². The van der Waals surface area contributed by atoms with Crippen LogP contribution in [0.25, 0.3) is 0 Å². The minimum Gasteiger partial charge on any atom is -0.438 e. The van der Waals surface area contributed by atoms with Gasteiger partial charge in [0.25, 0.3) is 5.91 Å². The number of ether oxygens (including phenoxy) is 1. The maximum Gasteiger partial charge on any atom is 0.258 e. The van der Waals surface area contributed by atoms with Crippen molar-refractivity contribution in [2.75, 3.05) is 6.26 Å². The van der Waals surface area contributed by atoms with Crippen molar-refractivity contribution in [3.8, 4) is 11.6 Å². The molecule has 1 aromatic carbocycles. The van der Waals surface area contributed by atoms with Crippen molar-refractivity contribution in [1.82, 2.24) is 15.3 Å². The number of sulfone groups is 1. The average Bonchev–Trinajstić information content (AvgIpc) is 3.54. The maximum atomic E-state index is 13.1. The molecule has 0 aliphatic heterocycles. The van der Waals surface area contributed by atoms with Crippen molar-refractivity contribution >= 4 is 15.7 Å². The van der Waals surface area contributed by atoms with Gasteiger partial charge in [0.05, 0.1) is 6.04 Å². The molecule has 1 N–H and O–H groups in total. The van der Waals surface area contributed by atoms with Crippen LogP contribution in [-0.2, 0) is 9.84 Å². The van der Waals surface area contributed by atoms with Gasteiger partial charge in [-0.1, -0.05) is 31.2 Å². The number of nitrogens with zero attached hydrogens (tertiary/aromatic N) is 2. The van der Waals surface area contributed by atoms with Gasteiger partial charge in [0, 0.05) is 23.8 Å². The molecule has 0 saturated heterocycles. The van der Waals surface area contributed by atoms with Gasteiger partial charge in [-0.2, -0.15) is 4.98 Å². The molecule has 1 heterocycles. The molecule has 8 heteroatoms. The lowest BCUT2D eigenvalue weighted by atomic mass is 9.76. The van der Waals surface area contributed by atoms with E-state index in [1.165, 1.54) is 6.20 Å². The van der Waals surface area contributed by atoms with E-state index in [1.54, 1.807) is 18.2 Å². The first-order chi connectivity index (χ1) is 14.8. The zero-order valence-corrected chi connectivity index (χ0v) is 18.5. The van der Waals surface area contributed by atoms with Crippen LogP contribution in [0.15, 0.2) is 48.0 Å². The second kappa shape index (κ2) is 8.78. The van der Waals surface area contributed by atoms with Crippen LogP contribution in [0.3, 0.4) is 0 Å². The highest BCUT2D eigenvalue weighted by molar-refractivity contribution is 7.93. The first kappa shape index (κ1) is 21.5. The Labute approximate surface area is 182 Å². The van der Waals surface area contributed by atoms with Gasteiger partial charge in [0.2, 0.25) is 5.88 Å². The summed E-state index contributed by atoms with van der Waals surface area (Å²) in [5.41, 5.74) is 0.235. The lowest BCUT2D eigenvalue weighted by molar-refractivity contribution is 0.0937. The summed E-state index contributed by atoms with van der Waals surface area (Å²) in [6, 6.07) is 8.83. The van der Waals surface area contributed by atoms with Gasteiger partial charge in [0.15, 0.2) is 9.84 Å². The molecule has 2 aliphatic rings. The minimum atomic E-state index is -3.27. The second-order valence-corrected chi connectivity index (χ2v) is 10.6. The highest BCUT2D eigenvalue weighted by Gasteiger charge is 2.33. The molecule has 0 bridgehead atoms. The standard InChI is InChI=1S/C23H27N3O4S/c1-15-12-17(13-15)21-24-14-19(23(26-21)30-18-6-4-3-5-7-18)22(27)25-20(16-8-9-16)10-11-31(2,28)29/h3-7,10-11,14-17,20H,8-9,12-13H2,1-2H3,(H,25,27)/b11-10+/t15-,17-,20-/m1/s1. The van der Waals surface area contributed by atoms with E-state index in [0.717, 1.165) is 37.3 Å². The molecule has 7 nitrogen and oxygen atoms in total. The molecule has 1 atom stereocenters. The summed E-state index contributed by atoms with van der Waals surface area (Å²) in [6.45, 7) is 2.20. The number of aromatic nitrogens is 2. The monoisotopic (exact) mass is 441 g/mol. The van der Waals surface area contributed by atoms with Gasteiger partial charge in [0.1, 0.15) is 17.1 Å². The summed E-state index contributed by atoms with van der Waals surface area (Å²) in [5.74, 6) is 2.27. The lowest BCUT2D eigenvalue weighted by Gasteiger charge is -2.31. The fourth-order valence-electron chi connectivity index (χ4n) is 3.76. The van der Waals surface area contributed by atoms with E-state index in [9.17, 15) is 13.2 Å². The van der Waals surface area contributed by atoms with Crippen LogP contribution in [0, 0.1) is 11.8 Å². The van der Waals surface area contributed by atoms with Gasteiger partial charge in [-0.25, -0.2) is 13.4 Å². The average molecular weight is 442 g/mol. The summed E-state index contributed by atoms with van der Waals surface area (Å²) in [6.07, 6.45) is 8.14. The summed E-state index contributed by atoms with van der Waals surface area (Å²) < 4.78 is 29.0. The molecule has 2 aromatic rings. The Morgan fingerprint density at radius 1 is 1.23 bits per heavy atom. The number of benzene rings is 1. The summed E-state index contributed by atoms with van der Waals surface area (Å²) in [4.78, 5) is 22.1. The molecule has 2 aliphatic carbocycles. The smallest absolute Gasteiger partial charge is 0.258 e. The van der Waals surface area contributed by atoms with Crippen molar-refractivity contribution in [2.45, 2.75) is 44.6 Å². The first-order valence-electron chi connectivity index (χ1n) is 10.6. The highest BCUT2D eigenvalue weighted by atomic mass is 32.2. The van der Waals surface area contributed by atoms with Gasteiger partial charge < -0.3 is 10.1 Å². The fourth-order valence-corrected chi connectivity index (χ4v) is 4.21. The molecular weight excluding hydrogens is 414 g/mol. The Hall–Kier alpha value is -2.74. The number of hydrogen-bond donors (Lipinski definition) is 1. The van der Waals surface area contributed by atoms with Crippen LogP contribution in [0.4, 0.5) is 0 Å². The number of carbonyl (C=O) groups is 1. The van der Waals surface area contributed by atoms with Crippen LogP contribution in [0.5, 0.6) is 11.6 Å². The normalized spacial score (nSPS) is 22.0. The van der Waals surface area contributed by atoms with E-state index in [0.29, 0.717) is 17.5 Å². The zero-order chi connectivity index (χ0) is 22.0. The van der Waals surface area contributed by atoms with Crippen molar-refractivity contribution in [2.24, 2.45) is 11.8 Å². The molecule has 1 aromatic heterocycles. The second-order valence-electron chi connectivity index (χ2n) is 8.63. The van der Waals surface area contributed by atoms with Gasteiger partial charge in [-0.15, -0.1) is 0 Å². The SMILES string of the molecule is CS(=O)(=O)/C=C/[C@@H](NC(=O)c1cnc([C@H]2C[C@H](C)C2)nc1Oc1ccccc1)C1CC1. The Bertz CT molecular complexity index is 1080. The van der Waals surface area contributed by atoms with Crippen LogP contribution in [0.2, 0.25) is 0 Å². The molecular formula is C23H27N3O4S. The number of para-hydroxylation sites is 1. The Morgan fingerprint density at radius 2 is 1.94 bits per heavy atom. The Kier molecular flexibility index (Phi) is 6.09. The van der Waals surface area contributed by atoms with E-state index < -0.39 is 9.84 Å². The Morgan fingerprint density at radius 3 is 2.55 bits per heavy atom. The number of hydrogen-bond acceptors (Lipinski definition) is 6.